The van der Waals surface area contributed by atoms with Crippen LogP contribution in [0, 0.1) is 0 Å². The van der Waals surface area contributed by atoms with E-state index in [-0.39, 0.29) is 0 Å². The van der Waals surface area contributed by atoms with Crippen molar-refractivity contribution in [3.63, 3.8) is 0 Å². The Hall–Kier alpha value is -2.96. The second kappa shape index (κ2) is 6.04. The summed E-state index contributed by atoms with van der Waals surface area (Å²) in [4.78, 5) is 7.86. The summed E-state index contributed by atoms with van der Waals surface area (Å²) in [5.41, 5.74) is 0.978. The number of nitrogens with zero attached hydrogens (tertiary/aromatic N) is 6. The second-order valence-corrected chi connectivity index (χ2v) is 5.45. The number of nitrogens with one attached hydrogen (secondary N) is 1. The molecule has 7 nitrogen and oxygen atoms in total. The van der Waals surface area contributed by atoms with E-state index in [4.69, 9.17) is 0 Å². The molecule has 1 fully saturated rings. The lowest BCUT2D eigenvalue weighted by Crippen LogP contribution is -2.48. The zero-order valence-electron chi connectivity index (χ0n) is 12.7. The Morgan fingerprint density at radius 3 is 2.30 bits per heavy atom. The minimum atomic E-state index is 0.799. The SMILES string of the molecule is c1ccc(-n2nnnc2N2CCN(c3cccc[nH+]3)CC2)cc1. The molecule has 23 heavy (non-hydrogen) atoms. The van der Waals surface area contributed by atoms with Crippen molar-refractivity contribution in [2.45, 2.75) is 0 Å². The van der Waals surface area contributed by atoms with Gasteiger partial charge in [0.2, 0.25) is 0 Å². The highest BCUT2D eigenvalue weighted by atomic mass is 15.6. The van der Waals surface area contributed by atoms with E-state index in [0.29, 0.717) is 0 Å². The van der Waals surface area contributed by atoms with E-state index < -0.39 is 0 Å². The number of hydrogen-bond donors (Lipinski definition) is 0. The van der Waals surface area contributed by atoms with Crippen LogP contribution in [0.1, 0.15) is 0 Å². The fourth-order valence-electron chi connectivity index (χ4n) is 2.84. The van der Waals surface area contributed by atoms with E-state index >= 15 is 0 Å². The number of anilines is 2. The Morgan fingerprint density at radius 1 is 0.826 bits per heavy atom. The van der Waals surface area contributed by atoms with Crippen LogP contribution in [0.2, 0.25) is 0 Å². The van der Waals surface area contributed by atoms with Gasteiger partial charge in [-0.1, -0.05) is 29.4 Å². The fraction of sp³-hybridized carbons (Fsp3) is 0.250. The van der Waals surface area contributed by atoms with Gasteiger partial charge in [0.15, 0.2) is 0 Å². The minimum absolute atomic E-state index is 0.799. The van der Waals surface area contributed by atoms with Gasteiger partial charge in [0, 0.05) is 6.07 Å². The van der Waals surface area contributed by atoms with Crippen LogP contribution in [-0.4, -0.2) is 46.4 Å². The lowest BCUT2D eigenvalue weighted by Gasteiger charge is -2.31. The molecule has 0 amide bonds. The number of aromatic nitrogens is 5. The molecule has 0 spiro atoms. The molecule has 1 aromatic carbocycles. The van der Waals surface area contributed by atoms with Gasteiger partial charge >= 0.3 is 0 Å². The van der Waals surface area contributed by atoms with Crippen LogP contribution < -0.4 is 14.8 Å². The number of benzene rings is 1. The Bertz CT molecular complexity index is 748. The van der Waals surface area contributed by atoms with Crippen molar-refractivity contribution in [1.82, 2.24) is 20.2 Å². The number of pyridine rings is 1. The molecule has 0 bridgehead atoms. The summed E-state index contributed by atoms with van der Waals surface area (Å²) in [5, 5.41) is 12.2. The molecule has 0 saturated carbocycles. The van der Waals surface area contributed by atoms with Gasteiger partial charge in [-0.25, -0.2) is 4.98 Å². The Labute approximate surface area is 134 Å². The molecule has 1 saturated heterocycles. The highest BCUT2D eigenvalue weighted by Gasteiger charge is 2.26. The maximum absolute atomic E-state index is 4.22. The van der Waals surface area contributed by atoms with Crippen molar-refractivity contribution < 1.29 is 4.98 Å². The number of H-pyrrole nitrogens is 1. The normalized spacial score (nSPS) is 15.0. The predicted octanol–water partition coefficient (Wildman–Crippen LogP) is 0.803. The fourth-order valence-corrected chi connectivity index (χ4v) is 2.84. The first-order chi connectivity index (χ1) is 11.4. The summed E-state index contributed by atoms with van der Waals surface area (Å²) in [6.45, 7) is 3.64. The number of piperazine rings is 1. The highest BCUT2D eigenvalue weighted by Crippen LogP contribution is 2.18. The first-order valence-corrected chi connectivity index (χ1v) is 7.72. The van der Waals surface area contributed by atoms with Gasteiger partial charge in [-0.3, -0.25) is 4.90 Å². The molecule has 0 radical (unpaired) electrons. The van der Waals surface area contributed by atoms with Gasteiger partial charge in [0.25, 0.3) is 11.8 Å². The van der Waals surface area contributed by atoms with E-state index in [9.17, 15) is 0 Å². The van der Waals surface area contributed by atoms with Crippen molar-refractivity contribution in [3.8, 4) is 5.69 Å². The standard InChI is InChI=1S/C16H17N7/c1-2-6-14(7-3-1)23-16(18-19-20-23)22-12-10-21(11-13-22)15-8-4-5-9-17-15/h1-9H,10-13H2/p+1. The summed E-state index contributed by atoms with van der Waals surface area (Å²) < 4.78 is 1.80. The van der Waals surface area contributed by atoms with Crippen LogP contribution in [0.5, 0.6) is 0 Å². The molecule has 4 rings (SSSR count). The monoisotopic (exact) mass is 308 g/mol. The molecule has 0 aliphatic carbocycles. The van der Waals surface area contributed by atoms with Crippen LogP contribution in [0.15, 0.2) is 54.7 Å². The van der Waals surface area contributed by atoms with E-state index in [2.05, 4.69) is 36.4 Å². The summed E-state index contributed by atoms with van der Waals surface area (Å²) >= 11 is 0. The molecule has 116 valence electrons. The van der Waals surface area contributed by atoms with Gasteiger partial charge in [-0.2, -0.15) is 4.68 Å². The molecule has 7 heteroatoms. The summed E-state index contributed by atoms with van der Waals surface area (Å²) in [6, 6.07) is 16.1. The van der Waals surface area contributed by atoms with Crippen LogP contribution in [-0.2, 0) is 0 Å². The van der Waals surface area contributed by atoms with Crippen LogP contribution in [0.3, 0.4) is 0 Å². The first kappa shape index (κ1) is 13.7. The number of tetrazole rings is 1. The Balaban J connectivity index is 1.51. The third-order valence-corrected chi connectivity index (χ3v) is 4.05. The van der Waals surface area contributed by atoms with E-state index in [1.807, 2.05) is 48.7 Å². The lowest BCUT2D eigenvalue weighted by atomic mass is 10.3. The topological polar surface area (TPSA) is 64.2 Å². The van der Waals surface area contributed by atoms with Crippen molar-refractivity contribution in [1.29, 1.82) is 0 Å². The quantitative estimate of drug-likeness (QED) is 0.716. The molecule has 2 aromatic heterocycles. The van der Waals surface area contributed by atoms with Crippen molar-refractivity contribution in [2.24, 2.45) is 0 Å². The van der Waals surface area contributed by atoms with Gasteiger partial charge < -0.3 is 4.90 Å². The van der Waals surface area contributed by atoms with Gasteiger partial charge in [0.1, 0.15) is 13.1 Å². The smallest absolute Gasteiger partial charge is 0.274 e. The summed E-state index contributed by atoms with van der Waals surface area (Å²) in [5.74, 6) is 1.95. The number of para-hydroxylation sites is 1. The first-order valence-electron chi connectivity index (χ1n) is 7.72. The van der Waals surface area contributed by atoms with Crippen LogP contribution in [0.25, 0.3) is 5.69 Å². The van der Waals surface area contributed by atoms with Gasteiger partial charge in [-0.05, 0) is 28.6 Å². The molecule has 1 aliphatic heterocycles. The van der Waals surface area contributed by atoms with Gasteiger partial charge in [-0.15, -0.1) is 0 Å². The zero-order valence-corrected chi connectivity index (χ0v) is 12.7. The third-order valence-electron chi connectivity index (χ3n) is 4.05. The number of aromatic amines is 1. The second-order valence-electron chi connectivity index (χ2n) is 5.45. The molecule has 0 atom stereocenters. The average molecular weight is 308 g/mol. The average Bonchev–Trinajstić information content (AvgIpc) is 3.13. The van der Waals surface area contributed by atoms with Crippen molar-refractivity contribution in [3.05, 3.63) is 54.7 Å². The highest BCUT2D eigenvalue weighted by molar-refractivity contribution is 5.43. The van der Waals surface area contributed by atoms with Crippen LogP contribution in [0.4, 0.5) is 11.8 Å². The minimum Gasteiger partial charge on any atom is -0.332 e. The molecular weight excluding hydrogens is 290 g/mol. The molecule has 3 aromatic rings. The zero-order chi connectivity index (χ0) is 15.5. The van der Waals surface area contributed by atoms with Crippen molar-refractivity contribution >= 4 is 11.8 Å². The molecule has 1 aliphatic rings. The predicted molar refractivity (Wildman–Crippen MR) is 86.6 cm³/mol. The largest absolute Gasteiger partial charge is 0.332 e. The van der Waals surface area contributed by atoms with Crippen molar-refractivity contribution in [2.75, 3.05) is 36.0 Å². The van der Waals surface area contributed by atoms with Gasteiger partial charge in [0.05, 0.1) is 25.0 Å². The van der Waals surface area contributed by atoms with E-state index in [0.717, 1.165) is 43.6 Å². The summed E-state index contributed by atoms with van der Waals surface area (Å²) in [6.07, 6.45) is 1.96. The molecular formula is C16H18N7+. The Morgan fingerprint density at radius 2 is 1.57 bits per heavy atom. The maximum Gasteiger partial charge on any atom is 0.274 e. The number of hydrogen-bond acceptors (Lipinski definition) is 5. The lowest BCUT2D eigenvalue weighted by molar-refractivity contribution is -0.364. The summed E-state index contributed by atoms with van der Waals surface area (Å²) in [7, 11) is 0. The molecule has 0 unspecified atom stereocenters. The van der Waals surface area contributed by atoms with E-state index in [1.54, 1.807) is 4.68 Å². The van der Waals surface area contributed by atoms with Crippen LogP contribution >= 0.6 is 0 Å². The maximum atomic E-state index is 4.22. The number of rotatable bonds is 3. The Kier molecular flexibility index (Phi) is 3.59. The molecule has 3 heterocycles. The van der Waals surface area contributed by atoms with E-state index in [1.165, 1.54) is 0 Å². The third kappa shape index (κ3) is 2.73. The molecule has 1 N–H and O–H groups in total.